The first-order valence-electron chi connectivity index (χ1n) is 12.1. The summed E-state index contributed by atoms with van der Waals surface area (Å²) in [5.41, 5.74) is 6.97. The monoisotopic (exact) mass is 530 g/mol. The van der Waals surface area contributed by atoms with Gasteiger partial charge in [0.25, 0.3) is 5.91 Å². The highest BCUT2D eigenvalue weighted by atomic mass is 35.5. The first-order valence-corrected chi connectivity index (χ1v) is 13.4. The second-order valence-corrected chi connectivity index (χ2v) is 11.0. The van der Waals surface area contributed by atoms with Crippen molar-refractivity contribution in [2.45, 2.75) is 44.9 Å². The third kappa shape index (κ3) is 5.48. The van der Waals surface area contributed by atoms with E-state index in [0.29, 0.717) is 16.6 Å². The van der Waals surface area contributed by atoms with Crippen LogP contribution in [0.15, 0.2) is 76.8 Å². The SMILES string of the molecule is Cc1ccc(C2=NN(C3=NC(=O)[C@@H](CC(=O)Nc4ccc(C)c(C)c4)S3)[C@H](c3ccccc3Cl)C2)cc1. The number of hydrazone groups is 1. The number of aryl methyl sites for hydroxylation is 3. The Morgan fingerprint density at radius 3 is 2.54 bits per heavy atom. The number of hydrogen-bond acceptors (Lipinski definition) is 5. The zero-order chi connectivity index (χ0) is 26.1. The Kier molecular flexibility index (Phi) is 7.17. The molecule has 3 aromatic carbocycles. The van der Waals surface area contributed by atoms with E-state index in [0.717, 1.165) is 33.7 Å². The lowest BCUT2D eigenvalue weighted by molar-refractivity contribution is -0.121. The van der Waals surface area contributed by atoms with Crippen molar-refractivity contribution in [1.29, 1.82) is 0 Å². The molecular weight excluding hydrogens is 504 g/mol. The Morgan fingerprint density at radius 2 is 1.81 bits per heavy atom. The van der Waals surface area contributed by atoms with Gasteiger partial charge in [-0.05, 0) is 61.2 Å². The number of halogens is 1. The summed E-state index contributed by atoms with van der Waals surface area (Å²) in [5.74, 6) is -0.550. The lowest BCUT2D eigenvalue weighted by Crippen LogP contribution is -2.25. The van der Waals surface area contributed by atoms with Crippen LogP contribution in [0.25, 0.3) is 0 Å². The number of carbonyl (C=O) groups is 2. The van der Waals surface area contributed by atoms with Crippen LogP contribution < -0.4 is 5.32 Å². The number of hydrogen-bond donors (Lipinski definition) is 1. The summed E-state index contributed by atoms with van der Waals surface area (Å²) in [4.78, 5) is 29.9. The highest BCUT2D eigenvalue weighted by Gasteiger charge is 2.39. The van der Waals surface area contributed by atoms with Crippen molar-refractivity contribution in [3.05, 3.63) is 99.6 Å². The number of rotatable bonds is 5. The van der Waals surface area contributed by atoms with Crippen LogP contribution in [0.1, 0.15) is 46.7 Å². The van der Waals surface area contributed by atoms with Crippen LogP contribution in [0.3, 0.4) is 0 Å². The molecule has 0 radical (unpaired) electrons. The molecule has 37 heavy (non-hydrogen) atoms. The molecule has 0 saturated heterocycles. The number of thioether (sulfide) groups is 1. The van der Waals surface area contributed by atoms with Crippen molar-refractivity contribution in [2.24, 2.45) is 10.1 Å². The molecule has 0 aromatic heterocycles. The Morgan fingerprint density at radius 1 is 1.05 bits per heavy atom. The fourth-order valence-corrected chi connectivity index (χ4v) is 5.72. The maximum absolute atomic E-state index is 12.8. The molecule has 6 nitrogen and oxygen atoms in total. The number of nitrogens with one attached hydrogen (secondary N) is 1. The van der Waals surface area contributed by atoms with Crippen LogP contribution in [-0.2, 0) is 9.59 Å². The summed E-state index contributed by atoms with van der Waals surface area (Å²) in [6.45, 7) is 6.07. The van der Waals surface area contributed by atoms with E-state index in [1.54, 1.807) is 5.01 Å². The summed E-state index contributed by atoms with van der Waals surface area (Å²) in [6.07, 6.45) is 0.654. The molecule has 0 fully saturated rings. The fraction of sp³-hybridized carbons (Fsp3) is 0.241. The van der Waals surface area contributed by atoms with Crippen molar-refractivity contribution in [3.63, 3.8) is 0 Å². The molecule has 8 heteroatoms. The van der Waals surface area contributed by atoms with E-state index in [9.17, 15) is 9.59 Å². The van der Waals surface area contributed by atoms with Crippen molar-refractivity contribution >= 4 is 51.7 Å². The molecule has 2 aliphatic heterocycles. The molecule has 1 N–H and O–H groups in total. The predicted molar refractivity (Wildman–Crippen MR) is 151 cm³/mol. The molecule has 2 heterocycles. The van der Waals surface area contributed by atoms with Crippen LogP contribution in [0.2, 0.25) is 5.02 Å². The number of carbonyl (C=O) groups excluding carboxylic acids is 2. The summed E-state index contributed by atoms with van der Waals surface area (Å²) in [5, 5.41) is 10.1. The van der Waals surface area contributed by atoms with E-state index in [2.05, 4.69) is 34.6 Å². The van der Waals surface area contributed by atoms with E-state index in [1.807, 2.05) is 63.2 Å². The number of benzene rings is 3. The van der Waals surface area contributed by atoms with E-state index in [4.69, 9.17) is 16.7 Å². The molecule has 2 aliphatic rings. The third-order valence-corrected chi connectivity index (χ3v) is 8.13. The maximum Gasteiger partial charge on any atom is 0.262 e. The molecule has 2 amide bonds. The van der Waals surface area contributed by atoms with Gasteiger partial charge in [-0.15, -0.1) is 0 Å². The lowest BCUT2D eigenvalue weighted by atomic mass is 9.98. The van der Waals surface area contributed by atoms with Gasteiger partial charge in [0.15, 0.2) is 5.17 Å². The molecule has 0 spiro atoms. The predicted octanol–water partition coefficient (Wildman–Crippen LogP) is 6.44. The van der Waals surface area contributed by atoms with E-state index in [1.165, 1.54) is 17.3 Å². The molecular formula is C29H27ClN4O2S. The van der Waals surface area contributed by atoms with Gasteiger partial charge in [0, 0.05) is 23.6 Å². The van der Waals surface area contributed by atoms with Gasteiger partial charge in [-0.2, -0.15) is 10.1 Å². The molecule has 188 valence electrons. The first kappa shape index (κ1) is 25.2. The lowest BCUT2D eigenvalue weighted by Gasteiger charge is -2.23. The van der Waals surface area contributed by atoms with Gasteiger partial charge in [0.05, 0.1) is 11.8 Å². The topological polar surface area (TPSA) is 74.1 Å². The summed E-state index contributed by atoms with van der Waals surface area (Å²) >= 11 is 7.85. The van der Waals surface area contributed by atoms with Gasteiger partial charge in [-0.3, -0.25) is 9.59 Å². The van der Waals surface area contributed by atoms with Gasteiger partial charge < -0.3 is 5.32 Å². The van der Waals surface area contributed by atoms with E-state index >= 15 is 0 Å². The zero-order valence-corrected chi connectivity index (χ0v) is 22.4. The van der Waals surface area contributed by atoms with Crippen LogP contribution in [-0.4, -0.2) is 33.0 Å². The third-order valence-electron chi connectivity index (χ3n) is 6.65. The Bertz CT molecular complexity index is 1430. The normalized spacial score (nSPS) is 19.1. The number of aliphatic imine (C=N–C) groups is 1. The molecule has 0 saturated carbocycles. The number of nitrogens with zero attached hydrogens (tertiary/aromatic N) is 3. The average molecular weight is 531 g/mol. The highest BCUT2D eigenvalue weighted by Crippen LogP contribution is 2.40. The van der Waals surface area contributed by atoms with Gasteiger partial charge in [0.1, 0.15) is 5.25 Å². The van der Waals surface area contributed by atoms with Crippen molar-refractivity contribution < 1.29 is 9.59 Å². The summed E-state index contributed by atoms with van der Waals surface area (Å²) in [6, 6.07) is 21.4. The van der Waals surface area contributed by atoms with Gasteiger partial charge in [-0.1, -0.05) is 77.5 Å². The number of anilines is 1. The van der Waals surface area contributed by atoms with Gasteiger partial charge in [0.2, 0.25) is 5.91 Å². The Labute approximate surface area is 225 Å². The second kappa shape index (κ2) is 10.5. The summed E-state index contributed by atoms with van der Waals surface area (Å²) in [7, 11) is 0. The number of amidine groups is 1. The fourth-order valence-electron chi connectivity index (χ4n) is 4.40. The van der Waals surface area contributed by atoms with Crippen LogP contribution in [0.4, 0.5) is 5.69 Å². The zero-order valence-electron chi connectivity index (χ0n) is 20.9. The van der Waals surface area contributed by atoms with Gasteiger partial charge >= 0.3 is 0 Å². The number of amides is 2. The van der Waals surface area contributed by atoms with E-state index < -0.39 is 5.25 Å². The second-order valence-electron chi connectivity index (χ2n) is 9.39. The average Bonchev–Trinajstić information content (AvgIpc) is 3.46. The molecule has 2 atom stereocenters. The van der Waals surface area contributed by atoms with Crippen LogP contribution in [0.5, 0.6) is 0 Å². The van der Waals surface area contributed by atoms with Crippen molar-refractivity contribution in [3.8, 4) is 0 Å². The standard InChI is InChI=1S/C29H27ClN4O2S/c1-17-8-11-20(12-9-17)24-15-25(22-6-4-5-7-23(22)30)34(33-24)29-32-28(36)26(37-29)16-27(35)31-21-13-10-18(2)19(3)14-21/h4-14,25-26H,15-16H2,1-3H3,(H,31,35)/t25-,26+/m0/s1. The smallest absolute Gasteiger partial charge is 0.262 e. The quantitative estimate of drug-likeness (QED) is 0.411. The molecule has 3 aromatic rings. The van der Waals surface area contributed by atoms with Gasteiger partial charge in [-0.25, -0.2) is 5.01 Å². The minimum atomic E-state index is -0.605. The first-order chi connectivity index (χ1) is 17.8. The molecule has 0 bridgehead atoms. The Balaban J connectivity index is 1.35. The van der Waals surface area contributed by atoms with Crippen LogP contribution in [0, 0.1) is 20.8 Å². The minimum Gasteiger partial charge on any atom is -0.326 e. The largest absolute Gasteiger partial charge is 0.326 e. The summed E-state index contributed by atoms with van der Waals surface area (Å²) < 4.78 is 0. The van der Waals surface area contributed by atoms with E-state index in [-0.39, 0.29) is 24.3 Å². The highest BCUT2D eigenvalue weighted by molar-refractivity contribution is 8.15. The maximum atomic E-state index is 12.8. The molecule has 0 unspecified atom stereocenters. The Hall–Kier alpha value is -3.42. The van der Waals surface area contributed by atoms with Crippen LogP contribution >= 0.6 is 23.4 Å². The van der Waals surface area contributed by atoms with Crippen molar-refractivity contribution in [2.75, 3.05) is 5.32 Å². The minimum absolute atomic E-state index is 0.0303. The molecule has 0 aliphatic carbocycles. The van der Waals surface area contributed by atoms with Crippen molar-refractivity contribution in [1.82, 2.24) is 5.01 Å². The molecule has 5 rings (SSSR count).